The topological polar surface area (TPSA) is 32.3 Å². The van der Waals surface area contributed by atoms with Gasteiger partial charge in [0, 0.05) is 44.8 Å². The molecular weight excluding hydrogens is 332 g/mol. The Bertz CT molecular complexity index is 945. The highest BCUT2D eigenvalue weighted by Crippen LogP contribution is 2.38. The Morgan fingerprint density at radius 3 is 2.78 bits per heavy atom. The molecular formula is C23H26N4. The molecule has 3 aromatic rings. The Morgan fingerprint density at radius 1 is 1.04 bits per heavy atom. The van der Waals surface area contributed by atoms with Crippen molar-refractivity contribution in [2.24, 2.45) is 0 Å². The number of fused-ring (bicyclic) bond motifs is 1. The van der Waals surface area contributed by atoms with Crippen molar-refractivity contribution in [2.75, 3.05) is 25.0 Å². The Kier molecular flexibility index (Phi) is 4.29. The highest BCUT2D eigenvalue weighted by atomic mass is 15.3. The summed E-state index contributed by atoms with van der Waals surface area (Å²) < 4.78 is 0. The normalized spacial score (nSPS) is 20.3. The molecule has 2 aliphatic rings. The van der Waals surface area contributed by atoms with E-state index < -0.39 is 0 Å². The summed E-state index contributed by atoms with van der Waals surface area (Å²) in [7, 11) is 2.19. The van der Waals surface area contributed by atoms with E-state index in [1.54, 1.807) is 0 Å². The van der Waals surface area contributed by atoms with E-state index in [1.165, 1.54) is 35.6 Å². The molecule has 138 valence electrons. The monoisotopic (exact) mass is 358 g/mol. The van der Waals surface area contributed by atoms with Crippen molar-refractivity contribution >= 4 is 16.6 Å². The summed E-state index contributed by atoms with van der Waals surface area (Å²) in [5.41, 5.74) is 1.43. The molecule has 27 heavy (non-hydrogen) atoms. The number of hydrogen-bond acceptors (Lipinski definition) is 4. The summed E-state index contributed by atoms with van der Waals surface area (Å²) in [5, 5.41) is 2.71. The molecule has 1 aromatic heterocycles. The largest absolute Gasteiger partial charge is 0.355 e. The van der Waals surface area contributed by atoms with Gasteiger partial charge in [0.2, 0.25) is 0 Å². The molecule has 1 aliphatic carbocycles. The predicted molar refractivity (Wildman–Crippen MR) is 110 cm³/mol. The molecule has 1 atom stereocenters. The number of anilines is 1. The lowest BCUT2D eigenvalue weighted by Crippen LogP contribution is -2.35. The Morgan fingerprint density at radius 2 is 1.89 bits per heavy atom. The highest BCUT2D eigenvalue weighted by molar-refractivity contribution is 5.85. The minimum Gasteiger partial charge on any atom is -0.355 e. The second kappa shape index (κ2) is 6.93. The lowest BCUT2D eigenvalue weighted by Gasteiger charge is -2.26. The first-order valence-corrected chi connectivity index (χ1v) is 10.0. The van der Waals surface area contributed by atoms with Crippen LogP contribution in [-0.4, -0.2) is 41.0 Å². The Balaban J connectivity index is 1.29. The SMILES string of the molecule is CN(c1ccnc(C2CC2)n1)C1CCN(Cc2cccc3ccccc23)C1. The molecule has 4 nitrogen and oxygen atoms in total. The molecule has 0 bridgehead atoms. The van der Waals surface area contributed by atoms with Crippen molar-refractivity contribution in [2.45, 2.75) is 37.8 Å². The number of nitrogens with zero attached hydrogens (tertiary/aromatic N) is 4. The summed E-state index contributed by atoms with van der Waals surface area (Å²) in [4.78, 5) is 14.2. The van der Waals surface area contributed by atoms with Gasteiger partial charge in [-0.2, -0.15) is 0 Å². The molecule has 2 heterocycles. The van der Waals surface area contributed by atoms with Gasteiger partial charge >= 0.3 is 0 Å². The average molecular weight is 358 g/mol. The van der Waals surface area contributed by atoms with Crippen molar-refractivity contribution < 1.29 is 0 Å². The highest BCUT2D eigenvalue weighted by Gasteiger charge is 2.29. The van der Waals surface area contributed by atoms with Gasteiger partial charge in [0.1, 0.15) is 11.6 Å². The zero-order valence-electron chi connectivity index (χ0n) is 15.9. The van der Waals surface area contributed by atoms with Crippen molar-refractivity contribution in [3.05, 3.63) is 66.1 Å². The summed E-state index contributed by atoms with van der Waals surface area (Å²) in [6.45, 7) is 3.24. The van der Waals surface area contributed by atoms with Gasteiger partial charge in [-0.05, 0) is 41.7 Å². The molecule has 2 aromatic carbocycles. The second-order valence-corrected chi connectivity index (χ2v) is 7.97. The average Bonchev–Trinajstić information content (AvgIpc) is 3.47. The van der Waals surface area contributed by atoms with E-state index in [4.69, 9.17) is 4.98 Å². The third-order valence-corrected chi connectivity index (χ3v) is 6.03. The molecule has 5 rings (SSSR count). The summed E-state index contributed by atoms with van der Waals surface area (Å²) in [6.07, 6.45) is 5.60. The van der Waals surface area contributed by atoms with E-state index in [9.17, 15) is 0 Å². The Labute approximate surface area is 160 Å². The van der Waals surface area contributed by atoms with Gasteiger partial charge < -0.3 is 4.90 Å². The van der Waals surface area contributed by atoms with E-state index in [-0.39, 0.29) is 0 Å². The fourth-order valence-electron chi connectivity index (χ4n) is 4.23. The molecule has 1 aliphatic heterocycles. The molecule has 1 saturated heterocycles. The van der Waals surface area contributed by atoms with Crippen LogP contribution < -0.4 is 4.90 Å². The minimum atomic E-state index is 0.516. The first kappa shape index (κ1) is 16.7. The van der Waals surface area contributed by atoms with E-state index >= 15 is 0 Å². The van der Waals surface area contributed by atoms with Gasteiger partial charge in [0.05, 0.1) is 0 Å². The third-order valence-electron chi connectivity index (χ3n) is 6.03. The van der Waals surface area contributed by atoms with Crippen molar-refractivity contribution in [3.8, 4) is 0 Å². The van der Waals surface area contributed by atoms with Gasteiger partial charge in [-0.25, -0.2) is 9.97 Å². The van der Waals surface area contributed by atoms with Crippen LogP contribution in [-0.2, 0) is 6.54 Å². The summed E-state index contributed by atoms with van der Waals surface area (Å²) in [6, 6.07) is 17.9. The van der Waals surface area contributed by atoms with Gasteiger partial charge in [0.15, 0.2) is 0 Å². The van der Waals surface area contributed by atoms with Crippen LogP contribution in [0.25, 0.3) is 10.8 Å². The second-order valence-electron chi connectivity index (χ2n) is 7.97. The minimum absolute atomic E-state index is 0.516. The van der Waals surface area contributed by atoms with E-state index in [2.05, 4.69) is 70.4 Å². The van der Waals surface area contributed by atoms with Gasteiger partial charge in [0.25, 0.3) is 0 Å². The van der Waals surface area contributed by atoms with E-state index in [0.29, 0.717) is 12.0 Å². The number of likely N-dealkylation sites (N-methyl/N-ethyl adjacent to an activating group) is 1. The van der Waals surface area contributed by atoms with Crippen LogP contribution in [0.3, 0.4) is 0 Å². The lowest BCUT2D eigenvalue weighted by molar-refractivity contribution is 0.327. The molecule has 0 spiro atoms. The maximum absolute atomic E-state index is 4.83. The molecule has 0 radical (unpaired) electrons. The molecule has 1 saturated carbocycles. The van der Waals surface area contributed by atoms with E-state index in [1.807, 2.05) is 6.20 Å². The van der Waals surface area contributed by atoms with Crippen molar-refractivity contribution in [3.63, 3.8) is 0 Å². The fourth-order valence-corrected chi connectivity index (χ4v) is 4.23. The number of rotatable bonds is 5. The van der Waals surface area contributed by atoms with Gasteiger partial charge in [-0.3, -0.25) is 4.90 Å². The zero-order valence-corrected chi connectivity index (χ0v) is 15.9. The third kappa shape index (κ3) is 3.42. The lowest BCUT2D eigenvalue weighted by atomic mass is 10.0. The van der Waals surface area contributed by atoms with E-state index in [0.717, 1.165) is 31.3 Å². The fraction of sp³-hybridized carbons (Fsp3) is 0.391. The number of likely N-dealkylation sites (tertiary alicyclic amines) is 1. The van der Waals surface area contributed by atoms with Crippen LogP contribution in [0, 0.1) is 0 Å². The summed E-state index contributed by atoms with van der Waals surface area (Å²) >= 11 is 0. The number of hydrogen-bond donors (Lipinski definition) is 0. The van der Waals surface area contributed by atoms with Crippen LogP contribution in [0.2, 0.25) is 0 Å². The van der Waals surface area contributed by atoms with Crippen LogP contribution in [0.1, 0.15) is 36.6 Å². The zero-order chi connectivity index (χ0) is 18.2. The van der Waals surface area contributed by atoms with Gasteiger partial charge in [-0.1, -0.05) is 42.5 Å². The van der Waals surface area contributed by atoms with Crippen LogP contribution in [0.5, 0.6) is 0 Å². The standard InChI is InChI=1S/C23H26N4/c1-26(22-11-13-24-23(25-22)18-9-10-18)20-12-14-27(16-20)15-19-7-4-6-17-5-2-3-8-21(17)19/h2-8,11,13,18,20H,9-10,12,14-16H2,1H3. The predicted octanol–water partition coefficient (Wildman–Crippen LogP) is 4.22. The number of aromatic nitrogens is 2. The van der Waals surface area contributed by atoms with Crippen LogP contribution >= 0.6 is 0 Å². The molecule has 1 unspecified atom stereocenters. The van der Waals surface area contributed by atoms with Crippen molar-refractivity contribution in [1.29, 1.82) is 0 Å². The maximum atomic E-state index is 4.83. The number of benzene rings is 2. The van der Waals surface area contributed by atoms with Crippen LogP contribution in [0.15, 0.2) is 54.7 Å². The molecule has 0 N–H and O–H groups in total. The van der Waals surface area contributed by atoms with Gasteiger partial charge in [-0.15, -0.1) is 0 Å². The first-order valence-electron chi connectivity index (χ1n) is 10.0. The molecule has 4 heteroatoms. The molecule has 2 fully saturated rings. The summed E-state index contributed by atoms with van der Waals surface area (Å²) in [5.74, 6) is 2.71. The Hall–Kier alpha value is -2.46. The first-order chi connectivity index (χ1) is 13.3. The maximum Gasteiger partial charge on any atom is 0.133 e. The quantitative estimate of drug-likeness (QED) is 0.684. The smallest absolute Gasteiger partial charge is 0.133 e. The van der Waals surface area contributed by atoms with Crippen LogP contribution in [0.4, 0.5) is 5.82 Å². The van der Waals surface area contributed by atoms with Crippen molar-refractivity contribution in [1.82, 2.24) is 14.9 Å². The molecule has 0 amide bonds.